The zero-order chi connectivity index (χ0) is 9.23. The van der Waals surface area contributed by atoms with Crippen LogP contribution in [0.1, 0.15) is 6.92 Å². The first-order valence-electron chi connectivity index (χ1n) is 3.87. The maximum atomic E-state index is 5.57. The molecule has 0 saturated carbocycles. The molecule has 0 saturated heterocycles. The Morgan fingerprint density at radius 2 is 1.83 bits per heavy atom. The summed E-state index contributed by atoms with van der Waals surface area (Å²) in [4.78, 5) is 0. The highest BCUT2D eigenvalue weighted by atomic mass is 35.5. The molecular formula is C8H14Cl2N2. The molecule has 0 unspecified atom stereocenters. The molecule has 0 N–H and O–H groups in total. The summed E-state index contributed by atoms with van der Waals surface area (Å²) in [6, 6.07) is 0. The van der Waals surface area contributed by atoms with Crippen molar-refractivity contribution < 1.29 is 0 Å². The molecule has 70 valence electrons. The normalized spacial score (nSPS) is 11.6. The largest absolute Gasteiger partial charge is 0.295 e. The van der Waals surface area contributed by atoms with E-state index in [9.17, 15) is 0 Å². The number of rotatable bonds is 6. The van der Waals surface area contributed by atoms with Crippen LogP contribution in [-0.4, -0.2) is 36.1 Å². The minimum Gasteiger partial charge on any atom is -0.295 e. The lowest BCUT2D eigenvalue weighted by Gasteiger charge is -2.14. The minimum atomic E-state index is 0.573. The van der Waals surface area contributed by atoms with Crippen molar-refractivity contribution in [2.75, 3.05) is 24.8 Å². The van der Waals surface area contributed by atoms with Gasteiger partial charge in [0.2, 0.25) is 0 Å². The van der Waals surface area contributed by atoms with Gasteiger partial charge in [0.1, 0.15) is 0 Å². The highest BCUT2D eigenvalue weighted by molar-refractivity contribution is 6.18. The summed E-state index contributed by atoms with van der Waals surface area (Å²) in [6.07, 6.45) is 5.53. The van der Waals surface area contributed by atoms with Crippen LogP contribution in [0.3, 0.4) is 0 Å². The van der Waals surface area contributed by atoms with E-state index in [1.54, 1.807) is 6.21 Å². The van der Waals surface area contributed by atoms with Gasteiger partial charge in [-0.25, -0.2) is 0 Å². The molecule has 4 heteroatoms. The van der Waals surface area contributed by atoms with Crippen LogP contribution in [0.25, 0.3) is 0 Å². The fourth-order valence-electron chi connectivity index (χ4n) is 0.641. The Morgan fingerprint density at radius 3 is 2.25 bits per heavy atom. The third-order valence-electron chi connectivity index (χ3n) is 1.19. The summed E-state index contributed by atoms with van der Waals surface area (Å²) in [7, 11) is 0. The van der Waals surface area contributed by atoms with Crippen molar-refractivity contribution in [2.45, 2.75) is 6.92 Å². The first kappa shape index (κ1) is 11.8. The number of nitrogens with zero attached hydrogens (tertiary/aromatic N) is 2. The van der Waals surface area contributed by atoms with Crippen LogP contribution in [0.15, 0.2) is 17.3 Å². The van der Waals surface area contributed by atoms with Crippen LogP contribution in [0.4, 0.5) is 0 Å². The fraction of sp³-hybridized carbons (Fsp3) is 0.625. The molecule has 0 rings (SSSR count). The van der Waals surface area contributed by atoms with E-state index >= 15 is 0 Å². The molecular weight excluding hydrogens is 195 g/mol. The Balaban J connectivity index is 3.75. The van der Waals surface area contributed by atoms with E-state index in [1.807, 2.05) is 24.1 Å². The Kier molecular flexibility index (Phi) is 8.73. The Bertz CT molecular complexity index is 140. The summed E-state index contributed by atoms with van der Waals surface area (Å²) in [5.41, 5.74) is 0. The van der Waals surface area contributed by atoms with E-state index in [2.05, 4.69) is 5.10 Å². The van der Waals surface area contributed by atoms with Gasteiger partial charge in [0, 0.05) is 31.1 Å². The van der Waals surface area contributed by atoms with E-state index in [-0.39, 0.29) is 0 Å². The summed E-state index contributed by atoms with van der Waals surface area (Å²) in [5.74, 6) is 1.15. The Morgan fingerprint density at radius 1 is 1.25 bits per heavy atom. The van der Waals surface area contributed by atoms with Crippen molar-refractivity contribution in [1.29, 1.82) is 0 Å². The average molecular weight is 209 g/mol. The zero-order valence-corrected chi connectivity index (χ0v) is 8.72. The molecule has 0 amide bonds. The molecule has 0 aromatic carbocycles. The second-order valence-corrected chi connectivity index (χ2v) is 2.88. The molecule has 12 heavy (non-hydrogen) atoms. The minimum absolute atomic E-state index is 0.573. The molecule has 0 radical (unpaired) electrons. The van der Waals surface area contributed by atoms with Gasteiger partial charge in [-0.1, -0.05) is 6.08 Å². The molecule has 0 aliphatic heterocycles. The number of hydrazone groups is 1. The maximum absolute atomic E-state index is 5.57. The van der Waals surface area contributed by atoms with Crippen molar-refractivity contribution in [3.63, 3.8) is 0 Å². The maximum Gasteiger partial charge on any atom is 0.0496 e. The fourth-order valence-corrected chi connectivity index (χ4v) is 1.03. The smallest absolute Gasteiger partial charge is 0.0496 e. The lowest BCUT2D eigenvalue weighted by atomic mass is 10.6. The Labute approximate surface area is 83.8 Å². The van der Waals surface area contributed by atoms with Crippen LogP contribution < -0.4 is 0 Å². The number of alkyl halides is 2. The van der Waals surface area contributed by atoms with Gasteiger partial charge in [-0.05, 0) is 13.0 Å². The van der Waals surface area contributed by atoms with Gasteiger partial charge in [0.25, 0.3) is 0 Å². The van der Waals surface area contributed by atoms with Crippen molar-refractivity contribution in [3.8, 4) is 0 Å². The van der Waals surface area contributed by atoms with Crippen LogP contribution >= 0.6 is 23.2 Å². The first-order chi connectivity index (χ1) is 5.85. The van der Waals surface area contributed by atoms with E-state index in [1.165, 1.54) is 0 Å². The number of hydrogen-bond donors (Lipinski definition) is 0. The van der Waals surface area contributed by atoms with E-state index in [0.29, 0.717) is 11.8 Å². The van der Waals surface area contributed by atoms with E-state index in [0.717, 1.165) is 13.1 Å². The predicted molar refractivity (Wildman–Crippen MR) is 56.3 cm³/mol. The van der Waals surface area contributed by atoms with Crippen molar-refractivity contribution in [1.82, 2.24) is 5.01 Å². The van der Waals surface area contributed by atoms with E-state index in [4.69, 9.17) is 23.2 Å². The van der Waals surface area contributed by atoms with Gasteiger partial charge >= 0.3 is 0 Å². The molecule has 0 fully saturated rings. The van der Waals surface area contributed by atoms with Gasteiger partial charge in [0.15, 0.2) is 0 Å². The van der Waals surface area contributed by atoms with Crippen LogP contribution in [0, 0.1) is 0 Å². The average Bonchev–Trinajstić information content (AvgIpc) is 2.06. The molecule has 0 aromatic heterocycles. The molecule has 0 spiro atoms. The molecule has 0 aliphatic carbocycles. The van der Waals surface area contributed by atoms with Gasteiger partial charge in [-0.2, -0.15) is 5.10 Å². The quantitative estimate of drug-likeness (QED) is 0.372. The van der Waals surface area contributed by atoms with Crippen LogP contribution in [-0.2, 0) is 0 Å². The van der Waals surface area contributed by atoms with Crippen LogP contribution in [0.2, 0.25) is 0 Å². The molecule has 0 heterocycles. The topological polar surface area (TPSA) is 15.6 Å². The SMILES string of the molecule is CC=CC=NN(CCCl)CCCl. The summed E-state index contributed by atoms with van der Waals surface area (Å²) in [6.45, 7) is 3.42. The second kappa shape index (κ2) is 8.88. The van der Waals surface area contributed by atoms with Crippen molar-refractivity contribution in [2.24, 2.45) is 5.10 Å². The van der Waals surface area contributed by atoms with Gasteiger partial charge < -0.3 is 0 Å². The number of hydrogen-bond acceptors (Lipinski definition) is 2. The van der Waals surface area contributed by atoms with Crippen LogP contribution in [0.5, 0.6) is 0 Å². The summed E-state index contributed by atoms with van der Waals surface area (Å²) < 4.78 is 0. The number of halogens is 2. The molecule has 0 aliphatic rings. The first-order valence-corrected chi connectivity index (χ1v) is 4.94. The Hall–Kier alpha value is -0.210. The third kappa shape index (κ3) is 6.50. The summed E-state index contributed by atoms with van der Waals surface area (Å²) >= 11 is 11.1. The standard InChI is InChI=1S/C8H14Cl2N2/c1-2-3-6-11-12(7-4-9)8-5-10/h2-3,6H,4-5,7-8H2,1H3. The number of allylic oxidation sites excluding steroid dienone is 2. The molecule has 0 bridgehead atoms. The highest BCUT2D eigenvalue weighted by Crippen LogP contribution is 1.91. The van der Waals surface area contributed by atoms with Crippen molar-refractivity contribution >= 4 is 29.4 Å². The monoisotopic (exact) mass is 208 g/mol. The third-order valence-corrected chi connectivity index (χ3v) is 1.53. The van der Waals surface area contributed by atoms with Gasteiger partial charge in [-0.15, -0.1) is 23.2 Å². The molecule has 0 aromatic rings. The summed E-state index contributed by atoms with van der Waals surface area (Å²) in [5, 5.41) is 5.99. The van der Waals surface area contributed by atoms with Gasteiger partial charge in [-0.3, -0.25) is 5.01 Å². The highest BCUT2D eigenvalue weighted by Gasteiger charge is 1.95. The predicted octanol–water partition coefficient (Wildman–Crippen LogP) is 2.33. The van der Waals surface area contributed by atoms with Gasteiger partial charge in [0.05, 0.1) is 0 Å². The van der Waals surface area contributed by atoms with Crippen molar-refractivity contribution in [3.05, 3.63) is 12.2 Å². The molecule has 2 nitrogen and oxygen atoms in total. The lowest BCUT2D eigenvalue weighted by Crippen LogP contribution is -2.22. The van der Waals surface area contributed by atoms with E-state index < -0.39 is 0 Å². The molecule has 0 atom stereocenters. The lowest BCUT2D eigenvalue weighted by molar-refractivity contribution is 0.327. The second-order valence-electron chi connectivity index (χ2n) is 2.12. The zero-order valence-electron chi connectivity index (χ0n) is 7.21.